The standard InChI is InChI=1S/C18H20N6OS/c1-12-16(26-17(19)21-12)15-6-7-20-18(23-15)22-13-2-4-14(5-3-13)24-8-10-25-11-9-24/h2-5,7H,6,8-11H2,1H3,(H2,19,21)/b22-18+. The number of nitrogens with two attached hydrogens (primary N) is 1. The molecule has 1 fully saturated rings. The number of benzene rings is 1. The molecule has 1 saturated heterocycles. The number of guanidine groups is 1. The molecular formula is C18H20N6OS. The second-order valence-corrected chi connectivity index (χ2v) is 7.10. The molecule has 2 aromatic rings. The number of aryl methyl sites for hydroxylation is 1. The van der Waals surface area contributed by atoms with Gasteiger partial charge in [-0.3, -0.25) is 0 Å². The maximum Gasteiger partial charge on any atom is 0.249 e. The van der Waals surface area contributed by atoms with E-state index in [0.29, 0.717) is 17.5 Å². The van der Waals surface area contributed by atoms with Crippen LogP contribution >= 0.6 is 11.3 Å². The van der Waals surface area contributed by atoms with Crippen molar-refractivity contribution in [2.24, 2.45) is 15.0 Å². The molecule has 0 bridgehead atoms. The third-order valence-electron chi connectivity index (χ3n) is 4.26. The van der Waals surface area contributed by atoms with Gasteiger partial charge in [0.1, 0.15) is 0 Å². The lowest BCUT2D eigenvalue weighted by molar-refractivity contribution is 0.122. The Kier molecular flexibility index (Phi) is 4.77. The second kappa shape index (κ2) is 7.35. The highest BCUT2D eigenvalue weighted by Gasteiger charge is 2.15. The van der Waals surface area contributed by atoms with Gasteiger partial charge >= 0.3 is 0 Å². The lowest BCUT2D eigenvalue weighted by Gasteiger charge is -2.28. The van der Waals surface area contributed by atoms with Crippen molar-refractivity contribution in [1.29, 1.82) is 0 Å². The Morgan fingerprint density at radius 3 is 2.65 bits per heavy atom. The molecule has 8 heteroatoms. The second-order valence-electron chi connectivity index (χ2n) is 6.07. The van der Waals surface area contributed by atoms with Gasteiger partial charge in [-0.1, -0.05) is 11.3 Å². The van der Waals surface area contributed by atoms with E-state index in [-0.39, 0.29) is 0 Å². The normalized spacial score (nSPS) is 19.0. The quantitative estimate of drug-likeness (QED) is 0.902. The first-order valence-electron chi connectivity index (χ1n) is 8.54. The number of nitrogens with zero attached hydrogens (tertiary/aromatic N) is 5. The van der Waals surface area contributed by atoms with Gasteiger partial charge in [0.2, 0.25) is 5.96 Å². The van der Waals surface area contributed by atoms with Crippen LogP contribution in [0.1, 0.15) is 17.0 Å². The van der Waals surface area contributed by atoms with Gasteiger partial charge in [-0.15, -0.1) is 0 Å². The molecule has 0 saturated carbocycles. The smallest absolute Gasteiger partial charge is 0.249 e. The monoisotopic (exact) mass is 368 g/mol. The van der Waals surface area contributed by atoms with E-state index in [2.05, 4.69) is 37.0 Å². The minimum atomic E-state index is 0.455. The summed E-state index contributed by atoms with van der Waals surface area (Å²) >= 11 is 1.45. The third-order valence-corrected chi connectivity index (χ3v) is 5.29. The predicted octanol–water partition coefficient (Wildman–Crippen LogP) is 2.82. The molecule has 1 aromatic heterocycles. The Morgan fingerprint density at radius 1 is 1.19 bits per heavy atom. The zero-order chi connectivity index (χ0) is 17.9. The molecule has 2 aliphatic heterocycles. The van der Waals surface area contributed by atoms with Gasteiger partial charge in [-0.05, 0) is 31.2 Å². The zero-order valence-corrected chi connectivity index (χ0v) is 15.4. The fourth-order valence-electron chi connectivity index (χ4n) is 2.97. The number of rotatable bonds is 3. The highest BCUT2D eigenvalue weighted by atomic mass is 32.1. The van der Waals surface area contributed by atoms with Crippen LogP contribution in [0.3, 0.4) is 0 Å². The van der Waals surface area contributed by atoms with Crippen LogP contribution in [0, 0.1) is 6.92 Å². The number of nitrogen functional groups attached to an aromatic ring is 1. The topological polar surface area (TPSA) is 88.5 Å². The first kappa shape index (κ1) is 16.9. The number of ether oxygens (including phenoxy) is 1. The van der Waals surface area contributed by atoms with Crippen molar-refractivity contribution in [3.8, 4) is 0 Å². The van der Waals surface area contributed by atoms with E-state index in [1.165, 1.54) is 17.0 Å². The number of hydrogen-bond acceptors (Lipinski definition) is 6. The molecule has 0 atom stereocenters. The van der Waals surface area contributed by atoms with Crippen LogP contribution in [0.2, 0.25) is 0 Å². The molecule has 3 heterocycles. The minimum Gasteiger partial charge on any atom is -0.378 e. The van der Waals surface area contributed by atoms with Gasteiger partial charge in [0.15, 0.2) is 5.13 Å². The molecule has 0 unspecified atom stereocenters. The number of thiazole rings is 1. The summed E-state index contributed by atoms with van der Waals surface area (Å²) in [7, 11) is 0. The summed E-state index contributed by atoms with van der Waals surface area (Å²) in [5.74, 6) is 0.455. The molecule has 0 aliphatic carbocycles. The Bertz CT molecular complexity index is 878. The number of aliphatic imine (C=N–C) groups is 3. The van der Waals surface area contributed by atoms with Crippen molar-refractivity contribution in [2.75, 3.05) is 36.9 Å². The first-order valence-corrected chi connectivity index (χ1v) is 9.35. The zero-order valence-electron chi connectivity index (χ0n) is 14.6. The molecule has 7 nitrogen and oxygen atoms in total. The number of aromatic nitrogens is 1. The van der Waals surface area contributed by atoms with Crippen LogP contribution in [-0.2, 0) is 4.74 Å². The van der Waals surface area contributed by atoms with E-state index < -0.39 is 0 Å². The molecule has 4 rings (SSSR count). The largest absolute Gasteiger partial charge is 0.378 e. The van der Waals surface area contributed by atoms with E-state index >= 15 is 0 Å². The van der Waals surface area contributed by atoms with Crippen molar-refractivity contribution < 1.29 is 4.74 Å². The van der Waals surface area contributed by atoms with Crippen molar-refractivity contribution in [1.82, 2.24) is 4.98 Å². The van der Waals surface area contributed by atoms with Gasteiger partial charge in [0.05, 0.1) is 35.2 Å². The summed E-state index contributed by atoms with van der Waals surface area (Å²) in [4.78, 5) is 21.0. The van der Waals surface area contributed by atoms with E-state index in [0.717, 1.165) is 48.3 Å². The van der Waals surface area contributed by atoms with Gasteiger partial charge in [-0.25, -0.2) is 20.0 Å². The van der Waals surface area contributed by atoms with Gasteiger partial charge in [0.25, 0.3) is 0 Å². The summed E-state index contributed by atoms with van der Waals surface area (Å²) in [5.41, 5.74) is 9.63. The average molecular weight is 368 g/mol. The summed E-state index contributed by atoms with van der Waals surface area (Å²) in [6.45, 7) is 5.33. The van der Waals surface area contributed by atoms with Crippen LogP contribution in [0.5, 0.6) is 0 Å². The molecule has 2 N–H and O–H groups in total. The van der Waals surface area contributed by atoms with Crippen LogP contribution in [-0.4, -0.2) is 49.2 Å². The van der Waals surface area contributed by atoms with E-state index in [9.17, 15) is 0 Å². The first-order chi connectivity index (χ1) is 12.7. The Morgan fingerprint density at radius 2 is 1.96 bits per heavy atom. The van der Waals surface area contributed by atoms with Crippen molar-refractivity contribution >= 4 is 45.7 Å². The highest BCUT2D eigenvalue weighted by molar-refractivity contribution is 7.17. The fourth-order valence-corrected chi connectivity index (χ4v) is 3.80. The fraction of sp³-hybridized carbons (Fsp3) is 0.333. The van der Waals surface area contributed by atoms with Crippen LogP contribution in [0.25, 0.3) is 0 Å². The molecule has 2 aliphatic rings. The molecule has 26 heavy (non-hydrogen) atoms. The van der Waals surface area contributed by atoms with Gasteiger partial charge < -0.3 is 15.4 Å². The minimum absolute atomic E-state index is 0.455. The molecular weight excluding hydrogens is 348 g/mol. The third kappa shape index (κ3) is 3.66. The molecule has 0 amide bonds. The molecule has 0 radical (unpaired) electrons. The van der Waals surface area contributed by atoms with Gasteiger partial charge in [0, 0.05) is 31.4 Å². The van der Waals surface area contributed by atoms with Crippen molar-refractivity contribution in [3.63, 3.8) is 0 Å². The Balaban J connectivity index is 1.54. The molecule has 134 valence electrons. The van der Waals surface area contributed by atoms with Crippen molar-refractivity contribution in [2.45, 2.75) is 13.3 Å². The number of anilines is 2. The summed E-state index contributed by atoms with van der Waals surface area (Å²) < 4.78 is 5.40. The summed E-state index contributed by atoms with van der Waals surface area (Å²) in [6.07, 6.45) is 2.50. The SMILES string of the molecule is Cc1nc(N)sc1C1=N/C(=N/c2ccc(N3CCOCC3)cc2)N=CC1. The molecule has 0 spiro atoms. The highest BCUT2D eigenvalue weighted by Crippen LogP contribution is 2.24. The maximum absolute atomic E-state index is 5.80. The average Bonchev–Trinajstić information content (AvgIpc) is 3.01. The van der Waals surface area contributed by atoms with E-state index in [1.54, 1.807) is 0 Å². The predicted molar refractivity (Wildman–Crippen MR) is 107 cm³/mol. The van der Waals surface area contributed by atoms with Crippen molar-refractivity contribution in [3.05, 3.63) is 34.8 Å². The summed E-state index contributed by atoms with van der Waals surface area (Å²) in [6, 6.07) is 8.14. The van der Waals surface area contributed by atoms with E-state index in [1.807, 2.05) is 25.3 Å². The molecule has 1 aromatic carbocycles. The Labute approximate surface area is 156 Å². The number of hydrogen-bond donors (Lipinski definition) is 1. The summed E-state index contributed by atoms with van der Waals surface area (Å²) in [5, 5.41) is 0.555. The lowest BCUT2D eigenvalue weighted by atomic mass is 10.2. The maximum atomic E-state index is 5.80. The van der Waals surface area contributed by atoms with Gasteiger partial charge in [-0.2, -0.15) is 0 Å². The van der Waals surface area contributed by atoms with Crippen LogP contribution < -0.4 is 10.6 Å². The van der Waals surface area contributed by atoms with E-state index in [4.69, 9.17) is 10.5 Å². The number of morpholine rings is 1. The Hall–Kier alpha value is -2.58. The van der Waals surface area contributed by atoms with Crippen LogP contribution in [0.4, 0.5) is 16.5 Å². The lowest BCUT2D eigenvalue weighted by Crippen LogP contribution is -2.36. The van der Waals surface area contributed by atoms with Crippen LogP contribution in [0.15, 0.2) is 39.2 Å².